The number of nitrogens with one attached hydrogen (secondary N) is 1. The number of nitrogens with zero attached hydrogens (tertiary/aromatic N) is 3. The summed E-state index contributed by atoms with van der Waals surface area (Å²) in [6, 6.07) is 0. The molecule has 156 valence electrons. The fourth-order valence-corrected chi connectivity index (χ4v) is 5.24. The second-order valence-corrected chi connectivity index (χ2v) is 8.40. The summed E-state index contributed by atoms with van der Waals surface area (Å²) in [6.07, 6.45) is 4.55. The normalized spacial score (nSPS) is 12.6. The van der Waals surface area contributed by atoms with Crippen molar-refractivity contribution < 1.29 is 19.1 Å². The summed E-state index contributed by atoms with van der Waals surface area (Å²) in [7, 11) is 1.59. The summed E-state index contributed by atoms with van der Waals surface area (Å²) in [5.74, 6) is 0.244. The summed E-state index contributed by atoms with van der Waals surface area (Å²) in [5, 5.41) is 12.3. The number of methoxy groups -OCH3 is 1. The van der Waals surface area contributed by atoms with Gasteiger partial charge in [-0.15, -0.1) is 28.1 Å². The molecule has 0 spiro atoms. The van der Waals surface area contributed by atoms with E-state index in [1.807, 2.05) is 4.57 Å². The maximum Gasteiger partial charge on any atom is 0.341 e. The molecule has 0 fully saturated rings. The smallest absolute Gasteiger partial charge is 0.341 e. The van der Waals surface area contributed by atoms with Crippen LogP contribution in [0.3, 0.4) is 0 Å². The minimum atomic E-state index is -0.371. The number of carbonyl (C=O) groups excluding carboxylic acids is 2. The molecule has 2 aromatic rings. The second kappa shape index (κ2) is 10.0. The van der Waals surface area contributed by atoms with Gasteiger partial charge in [0.05, 0.1) is 17.9 Å². The van der Waals surface area contributed by atoms with E-state index in [4.69, 9.17) is 9.47 Å². The molecule has 1 aliphatic carbocycles. The molecule has 1 N–H and O–H groups in total. The Morgan fingerprint density at radius 1 is 1.38 bits per heavy atom. The van der Waals surface area contributed by atoms with Crippen molar-refractivity contribution in [3.8, 4) is 0 Å². The van der Waals surface area contributed by atoms with E-state index in [2.05, 4.69) is 22.1 Å². The molecule has 1 amide bonds. The van der Waals surface area contributed by atoms with E-state index in [1.165, 1.54) is 23.1 Å². The van der Waals surface area contributed by atoms with E-state index < -0.39 is 0 Å². The molecular formula is C19H24N4O4S2. The topological polar surface area (TPSA) is 95.3 Å². The minimum absolute atomic E-state index is 0.146. The van der Waals surface area contributed by atoms with Crippen LogP contribution < -0.4 is 5.32 Å². The van der Waals surface area contributed by atoms with E-state index in [9.17, 15) is 9.59 Å². The molecule has 0 saturated carbocycles. The minimum Gasteiger partial charge on any atom is -0.462 e. The lowest BCUT2D eigenvalue weighted by atomic mass is 10.1. The van der Waals surface area contributed by atoms with Crippen molar-refractivity contribution in [3.05, 3.63) is 34.5 Å². The Kier molecular flexibility index (Phi) is 7.45. The molecule has 0 unspecified atom stereocenters. The molecule has 0 bridgehead atoms. The zero-order valence-corrected chi connectivity index (χ0v) is 18.2. The summed E-state index contributed by atoms with van der Waals surface area (Å²) in [6.45, 7) is 6.68. The van der Waals surface area contributed by atoms with Crippen LogP contribution in [0.2, 0.25) is 0 Å². The maximum absolute atomic E-state index is 12.6. The zero-order valence-electron chi connectivity index (χ0n) is 16.5. The first-order valence-corrected chi connectivity index (χ1v) is 11.1. The number of carbonyl (C=O) groups is 2. The van der Waals surface area contributed by atoms with Gasteiger partial charge in [0.25, 0.3) is 0 Å². The van der Waals surface area contributed by atoms with E-state index in [0.717, 1.165) is 29.7 Å². The number of anilines is 1. The highest BCUT2D eigenvalue weighted by Gasteiger charge is 2.28. The summed E-state index contributed by atoms with van der Waals surface area (Å²) >= 11 is 2.75. The summed E-state index contributed by atoms with van der Waals surface area (Å²) in [4.78, 5) is 26.1. The average Bonchev–Trinajstić information content (AvgIpc) is 3.36. The van der Waals surface area contributed by atoms with Gasteiger partial charge in [0.1, 0.15) is 11.6 Å². The molecular weight excluding hydrogens is 412 g/mol. The molecule has 29 heavy (non-hydrogen) atoms. The van der Waals surface area contributed by atoms with Crippen molar-refractivity contribution in [3.63, 3.8) is 0 Å². The lowest BCUT2D eigenvalue weighted by Crippen LogP contribution is -2.17. The number of thiophene rings is 1. The number of hydrogen-bond donors (Lipinski definition) is 1. The predicted octanol–water partition coefficient (Wildman–Crippen LogP) is 3.07. The molecule has 0 saturated heterocycles. The number of amides is 1. The Hall–Kier alpha value is -2.17. The Morgan fingerprint density at radius 2 is 2.21 bits per heavy atom. The highest BCUT2D eigenvalue weighted by molar-refractivity contribution is 7.99. The molecule has 1 aliphatic rings. The number of aromatic nitrogens is 3. The largest absolute Gasteiger partial charge is 0.462 e. The molecule has 10 heteroatoms. The van der Waals surface area contributed by atoms with Gasteiger partial charge in [-0.3, -0.25) is 4.79 Å². The number of thioether (sulfide) groups is 1. The van der Waals surface area contributed by atoms with Gasteiger partial charge in [0.2, 0.25) is 5.91 Å². The van der Waals surface area contributed by atoms with E-state index in [-0.39, 0.29) is 17.6 Å². The molecule has 0 aliphatic heterocycles. The fraction of sp³-hybridized carbons (Fsp3) is 0.474. The Morgan fingerprint density at radius 3 is 2.93 bits per heavy atom. The van der Waals surface area contributed by atoms with Crippen molar-refractivity contribution in [2.75, 3.05) is 24.8 Å². The van der Waals surface area contributed by atoms with Gasteiger partial charge in [0.15, 0.2) is 11.0 Å². The highest BCUT2D eigenvalue weighted by Crippen LogP contribution is 2.39. The average molecular weight is 437 g/mol. The fourth-order valence-electron chi connectivity index (χ4n) is 3.18. The van der Waals surface area contributed by atoms with Crippen LogP contribution in [0.15, 0.2) is 17.8 Å². The quantitative estimate of drug-likeness (QED) is 0.347. The number of ether oxygens (including phenoxy) is 2. The Bertz CT molecular complexity index is 906. The Labute approximate surface area is 177 Å². The molecule has 3 rings (SSSR count). The van der Waals surface area contributed by atoms with Gasteiger partial charge in [-0.1, -0.05) is 17.8 Å². The third kappa shape index (κ3) is 4.88. The molecule has 2 heterocycles. The van der Waals surface area contributed by atoms with Crippen LogP contribution in [-0.4, -0.2) is 46.1 Å². The van der Waals surface area contributed by atoms with Crippen molar-refractivity contribution in [2.24, 2.45) is 0 Å². The molecule has 0 aromatic carbocycles. The zero-order chi connectivity index (χ0) is 20.8. The lowest BCUT2D eigenvalue weighted by molar-refractivity contribution is -0.113. The molecule has 2 aromatic heterocycles. The van der Waals surface area contributed by atoms with E-state index in [0.29, 0.717) is 41.3 Å². The van der Waals surface area contributed by atoms with Crippen LogP contribution in [0.4, 0.5) is 5.00 Å². The van der Waals surface area contributed by atoms with E-state index >= 15 is 0 Å². The number of esters is 1. The SMILES string of the molecule is C=CCn1c(COC)nnc1SCC(=O)Nc1sc2c(c1C(=O)OCC)CCC2. The third-order valence-corrected chi connectivity index (χ3v) is 6.54. The maximum atomic E-state index is 12.6. The van der Waals surface area contributed by atoms with Gasteiger partial charge < -0.3 is 19.4 Å². The third-order valence-electron chi connectivity index (χ3n) is 4.36. The Balaban J connectivity index is 1.69. The van der Waals surface area contributed by atoms with Gasteiger partial charge in [-0.05, 0) is 31.7 Å². The van der Waals surface area contributed by atoms with Crippen LogP contribution in [-0.2, 0) is 40.3 Å². The van der Waals surface area contributed by atoms with Crippen molar-refractivity contribution in [2.45, 2.75) is 44.5 Å². The summed E-state index contributed by atoms with van der Waals surface area (Å²) in [5.41, 5.74) is 1.53. The number of allylic oxidation sites excluding steroid dienone is 1. The number of aryl methyl sites for hydroxylation is 1. The van der Waals surface area contributed by atoms with Crippen molar-refractivity contribution in [1.29, 1.82) is 0 Å². The number of fused-ring (bicyclic) bond motifs is 1. The van der Waals surface area contributed by atoms with Crippen molar-refractivity contribution in [1.82, 2.24) is 14.8 Å². The second-order valence-electron chi connectivity index (χ2n) is 6.35. The first-order valence-electron chi connectivity index (χ1n) is 9.35. The highest BCUT2D eigenvalue weighted by atomic mass is 32.2. The van der Waals surface area contributed by atoms with Gasteiger partial charge in [-0.2, -0.15) is 0 Å². The predicted molar refractivity (Wildman–Crippen MR) is 113 cm³/mol. The van der Waals surface area contributed by atoms with Gasteiger partial charge >= 0.3 is 5.97 Å². The van der Waals surface area contributed by atoms with Crippen molar-refractivity contribution >= 4 is 40.0 Å². The molecule has 0 radical (unpaired) electrons. The van der Waals surface area contributed by atoms with Crippen LogP contribution >= 0.6 is 23.1 Å². The van der Waals surface area contributed by atoms with Gasteiger partial charge in [0, 0.05) is 18.5 Å². The molecule has 8 nitrogen and oxygen atoms in total. The van der Waals surface area contributed by atoms with Crippen LogP contribution in [0.25, 0.3) is 0 Å². The standard InChI is InChI=1S/C19H24N4O4S2/c1-4-9-23-14(10-26-3)21-22-19(23)28-11-15(24)20-17-16(18(25)27-5-2)12-7-6-8-13(12)29-17/h4H,1,5-11H2,2-3H3,(H,20,24). The van der Waals surface area contributed by atoms with Crippen LogP contribution in [0.5, 0.6) is 0 Å². The number of hydrogen-bond acceptors (Lipinski definition) is 8. The van der Waals surface area contributed by atoms with Crippen LogP contribution in [0, 0.1) is 0 Å². The monoisotopic (exact) mass is 436 g/mol. The molecule has 0 atom stereocenters. The first kappa shape index (κ1) is 21.5. The van der Waals surface area contributed by atoms with Crippen LogP contribution in [0.1, 0.15) is 40.0 Å². The van der Waals surface area contributed by atoms with E-state index in [1.54, 1.807) is 20.1 Å². The first-order chi connectivity index (χ1) is 14.1. The number of rotatable bonds is 10. The van der Waals surface area contributed by atoms with Gasteiger partial charge in [-0.25, -0.2) is 4.79 Å². The lowest BCUT2D eigenvalue weighted by Gasteiger charge is -2.09. The summed E-state index contributed by atoms with van der Waals surface area (Å²) < 4.78 is 12.2.